The highest BCUT2D eigenvalue weighted by Gasteiger charge is 2.33. The molecule has 0 saturated heterocycles. The molecule has 0 heterocycles. The summed E-state index contributed by atoms with van der Waals surface area (Å²) in [6.07, 6.45) is 1.73. The van der Waals surface area contributed by atoms with E-state index in [2.05, 4.69) is 5.32 Å². The smallest absolute Gasteiger partial charge is 0.223 e. The molecule has 2 aromatic carbocycles. The van der Waals surface area contributed by atoms with Crippen molar-refractivity contribution in [3.63, 3.8) is 0 Å². The Labute approximate surface area is 139 Å². The van der Waals surface area contributed by atoms with Gasteiger partial charge in [0.25, 0.3) is 0 Å². The van der Waals surface area contributed by atoms with Gasteiger partial charge in [0.15, 0.2) is 0 Å². The number of carbonyl (C=O) groups excluding carboxylic acids is 1. The Morgan fingerprint density at radius 2 is 1.79 bits per heavy atom. The van der Waals surface area contributed by atoms with Crippen molar-refractivity contribution in [2.75, 3.05) is 0 Å². The van der Waals surface area contributed by atoms with Crippen LogP contribution in [0.3, 0.4) is 0 Å². The molecule has 0 bridgehead atoms. The van der Waals surface area contributed by atoms with Crippen molar-refractivity contribution in [2.45, 2.75) is 31.3 Å². The van der Waals surface area contributed by atoms with Gasteiger partial charge in [0.2, 0.25) is 5.91 Å². The van der Waals surface area contributed by atoms with Gasteiger partial charge in [0, 0.05) is 12.0 Å². The van der Waals surface area contributed by atoms with Crippen molar-refractivity contribution in [3.05, 3.63) is 71.3 Å². The van der Waals surface area contributed by atoms with Crippen molar-refractivity contribution < 1.29 is 13.6 Å². The number of halogens is 2. The van der Waals surface area contributed by atoms with Crippen molar-refractivity contribution in [1.82, 2.24) is 5.32 Å². The second-order valence-corrected chi connectivity index (χ2v) is 6.38. The summed E-state index contributed by atoms with van der Waals surface area (Å²) in [6.45, 7) is 0. The molecular weight excluding hydrogens is 310 g/mol. The van der Waals surface area contributed by atoms with Crippen LogP contribution in [-0.4, -0.2) is 11.9 Å². The van der Waals surface area contributed by atoms with E-state index in [1.54, 1.807) is 24.3 Å². The third-order valence-electron chi connectivity index (χ3n) is 4.44. The number of hydrogen-bond donors (Lipinski definition) is 2. The summed E-state index contributed by atoms with van der Waals surface area (Å²) in [5.41, 5.74) is 7.15. The van der Waals surface area contributed by atoms with Gasteiger partial charge < -0.3 is 11.1 Å². The maximum absolute atomic E-state index is 13.6. The summed E-state index contributed by atoms with van der Waals surface area (Å²) in [5, 5.41) is 2.97. The van der Waals surface area contributed by atoms with E-state index in [1.165, 1.54) is 24.3 Å². The lowest BCUT2D eigenvalue weighted by molar-refractivity contribution is -0.128. The quantitative estimate of drug-likeness (QED) is 0.885. The summed E-state index contributed by atoms with van der Waals surface area (Å²) in [5.74, 6) is -0.871. The Bertz CT molecular complexity index is 729. The topological polar surface area (TPSA) is 55.1 Å². The number of rotatable bonds is 5. The van der Waals surface area contributed by atoms with Gasteiger partial charge in [-0.15, -0.1) is 0 Å². The zero-order valence-corrected chi connectivity index (χ0v) is 13.2. The molecule has 3 N–H and O–H groups in total. The zero-order valence-electron chi connectivity index (χ0n) is 13.2. The van der Waals surface area contributed by atoms with Crippen LogP contribution in [0.4, 0.5) is 8.78 Å². The van der Waals surface area contributed by atoms with Gasteiger partial charge in [-0.05, 0) is 54.7 Å². The fourth-order valence-corrected chi connectivity index (χ4v) is 3.04. The highest BCUT2D eigenvalue weighted by Crippen LogP contribution is 2.27. The van der Waals surface area contributed by atoms with Gasteiger partial charge >= 0.3 is 0 Å². The molecule has 1 saturated carbocycles. The van der Waals surface area contributed by atoms with Gasteiger partial charge in [-0.25, -0.2) is 8.78 Å². The van der Waals surface area contributed by atoms with E-state index >= 15 is 0 Å². The average molecular weight is 330 g/mol. The molecule has 1 unspecified atom stereocenters. The average Bonchev–Trinajstić information content (AvgIpc) is 2.51. The van der Waals surface area contributed by atoms with E-state index in [1.807, 2.05) is 0 Å². The molecule has 1 fully saturated rings. The van der Waals surface area contributed by atoms with Crippen LogP contribution < -0.4 is 11.1 Å². The van der Waals surface area contributed by atoms with E-state index < -0.39 is 6.04 Å². The number of amides is 1. The summed E-state index contributed by atoms with van der Waals surface area (Å²) in [4.78, 5) is 12.4. The summed E-state index contributed by atoms with van der Waals surface area (Å²) in [6, 6.07) is 12.0. The van der Waals surface area contributed by atoms with Crippen LogP contribution in [0.15, 0.2) is 48.5 Å². The van der Waals surface area contributed by atoms with E-state index in [-0.39, 0.29) is 29.5 Å². The van der Waals surface area contributed by atoms with E-state index in [0.717, 1.165) is 5.56 Å². The monoisotopic (exact) mass is 330 g/mol. The minimum Gasteiger partial charge on any atom is -0.349 e. The van der Waals surface area contributed by atoms with E-state index in [0.29, 0.717) is 24.8 Å². The lowest BCUT2D eigenvalue weighted by atomic mass is 9.80. The predicted octanol–water partition coefficient (Wildman–Crippen LogP) is 3.10. The first-order valence-electron chi connectivity index (χ1n) is 8.07. The van der Waals surface area contributed by atoms with Crippen LogP contribution in [0.25, 0.3) is 0 Å². The fourth-order valence-electron chi connectivity index (χ4n) is 3.04. The number of benzene rings is 2. The van der Waals surface area contributed by atoms with Gasteiger partial charge in [-0.3, -0.25) is 4.79 Å². The maximum Gasteiger partial charge on any atom is 0.223 e. The van der Waals surface area contributed by atoms with Crippen LogP contribution in [-0.2, 0) is 11.2 Å². The van der Waals surface area contributed by atoms with Gasteiger partial charge in [0.1, 0.15) is 11.6 Å². The third kappa shape index (κ3) is 3.97. The van der Waals surface area contributed by atoms with E-state index in [4.69, 9.17) is 5.73 Å². The molecule has 126 valence electrons. The molecular formula is C19H20F2N2O. The Balaban J connectivity index is 1.79. The summed E-state index contributed by atoms with van der Waals surface area (Å²) >= 11 is 0. The van der Waals surface area contributed by atoms with Crippen LogP contribution in [0.1, 0.15) is 30.0 Å². The number of hydrogen-bond acceptors (Lipinski definition) is 2. The Kier molecular flexibility index (Phi) is 4.90. The minimum absolute atomic E-state index is 0.0802. The number of nitrogens with two attached hydrogens (primary N) is 1. The molecule has 1 amide bonds. The van der Waals surface area contributed by atoms with Crippen molar-refractivity contribution in [3.8, 4) is 0 Å². The highest BCUT2D eigenvalue weighted by atomic mass is 19.1. The van der Waals surface area contributed by atoms with Gasteiger partial charge in [-0.1, -0.05) is 24.3 Å². The molecule has 1 atom stereocenters. The number of carbonyl (C=O) groups is 1. The molecule has 3 rings (SSSR count). The largest absolute Gasteiger partial charge is 0.349 e. The van der Waals surface area contributed by atoms with Crippen LogP contribution in [0.2, 0.25) is 0 Å². The predicted molar refractivity (Wildman–Crippen MR) is 88.1 cm³/mol. The number of nitrogens with one attached hydrogen (secondary N) is 1. The summed E-state index contributed by atoms with van der Waals surface area (Å²) < 4.78 is 27.0. The fraction of sp³-hybridized carbons (Fsp3) is 0.316. The maximum atomic E-state index is 13.6. The van der Waals surface area contributed by atoms with Crippen molar-refractivity contribution >= 4 is 5.91 Å². The lowest BCUT2D eigenvalue weighted by Crippen LogP contribution is -2.46. The first-order chi connectivity index (χ1) is 11.5. The molecule has 0 aromatic heterocycles. The Morgan fingerprint density at radius 3 is 2.42 bits per heavy atom. The Morgan fingerprint density at radius 1 is 1.12 bits per heavy atom. The second-order valence-electron chi connectivity index (χ2n) is 6.38. The summed E-state index contributed by atoms with van der Waals surface area (Å²) in [7, 11) is 0. The Hall–Kier alpha value is -2.27. The van der Waals surface area contributed by atoms with E-state index in [9.17, 15) is 13.6 Å². The van der Waals surface area contributed by atoms with Crippen LogP contribution in [0.5, 0.6) is 0 Å². The van der Waals surface area contributed by atoms with Crippen molar-refractivity contribution in [2.24, 2.45) is 11.7 Å². The van der Waals surface area contributed by atoms with Crippen LogP contribution in [0, 0.1) is 17.6 Å². The van der Waals surface area contributed by atoms with Crippen molar-refractivity contribution in [1.29, 1.82) is 0 Å². The molecule has 0 aliphatic heterocycles. The second kappa shape index (κ2) is 7.09. The highest BCUT2D eigenvalue weighted by molar-refractivity contribution is 5.80. The lowest BCUT2D eigenvalue weighted by Gasteiger charge is -2.32. The molecule has 3 nitrogen and oxygen atoms in total. The first kappa shape index (κ1) is 16.6. The molecule has 5 heteroatoms. The standard InChI is InChI=1S/C19H20F2N2O/c20-15-5-1-3-12(7-15)8-18(13-4-2-6-16(21)9-13)23-19(24)14-10-17(22)11-14/h1-7,9,14,17-18H,8,10-11,22H2,(H,23,24). The molecule has 0 radical (unpaired) electrons. The molecule has 0 spiro atoms. The van der Waals surface area contributed by atoms with Gasteiger partial charge in [0.05, 0.1) is 6.04 Å². The molecule has 1 aliphatic rings. The molecule has 2 aromatic rings. The first-order valence-corrected chi connectivity index (χ1v) is 8.07. The van der Waals surface area contributed by atoms with Crippen LogP contribution >= 0.6 is 0 Å². The zero-order chi connectivity index (χ0) is 17.1. The van der Waals surface area contributed by atoms with Gasteiger partial charge in [-0.2, -0.15) is 0 Å². The third-order valence-corrected chi connectivity index (χ3v) is 4.44. The molecule has 1 aliphatic carbocycles. The SMILES string of the molecule is NC1CC(C(=O)NC(Cc2cccc(F)c2)c2cccc(F)c2)C1. The molecule has 24 heavy (non-hydrogen) atoms. The minimum atomic E-state index is -0.410. The normalized spacial score (nSPS) is 21.0.